The monoisotopic (exact) mass is 1520 g/mol. The molecule has 0 spiro atoms. The minimum Gasteiger partial charge on any atom is -0.462 e. The second-order valence-corrected chi connectivity index (χ2v) is 34.4. The molecule has 0 saturated heterocycles. The summed E-state index contributed by atoms with van der Waals surface area (Å²) in [6.07, 6.45) is 65.1. The first-order valence-electron chi connectivity index (χ1n) is 43.9. The third kappa shape index (κ3) is 75.5. The molecular formula is C85H166O17P2. The van der Waals surface area contributed by atoms with E-state index >= 15 is 0 Å². The van der Waals surface area contributed by atoms with Gasteiger partial charge in [-0.25, -0.2) is 9.13 Å². The molecule has 0 aromatic heterocycles. The second-order valence-electron chi connectivity index (χ2n) is 31.5. The summed E-state index contributed by atoms with van der Waals surface area (Å²) in [4.78, 5) is 73.2. The van der Waals surface area contributed by atoms with Crippen LogP contribution in [0.5, 0.6) is 0 Å². The number of carbonyl (C=O) groups excluding carboxylic acids is 4. The van der Waals surface area contributed by atoms with Crippen LogP contribution in [0.25, 0.3) is 0 Å². The fourth-order valence-corrected chi connectivity index (χ4v) is 14.7. The van der Waals surface area contributed by atoms with E-state index in [1.807, 2.05) is 0 Å². The molecule has 104 heavy (non-hydrogen) atoms. The van der Waals surface area contributed by atoms with Crippen molar-refractivity contribution in [1.82, 2.24) is 0 Å². The summed E-state index contributed by atoms with van der Waals surface area (Å²) in [6.45, 7) is 12.0. The Bertz CT molecular complexity index is 2010. The van der Waals surface area contributed by atoms with Gasteiger partial charge in [-0.15, -0.1) is 0 Å². The Hall–Kier alpha value is -1.94. The van der Waals surface area contributed by atoms with Crippen molar-refractivity contribution >= 4 is 39.5 Å². The van der Waals surface area contributed by atoms with Gasteiger partial charge in [0, 0.05) is 25.7 Å². The maximum atomic E-state index is 13.1. The van der Waals surface area contributed by atoms with E-state index in [1.54, 1.807) is 0 Å². The van der Waals surface area contributed by atoms with E-state index in [0.717, 1.165) is 108 Å². The Morgan fingerprint density at radius 3 is 0.731 bits per heavy atom. The van der Waals surface area contributed by atoms with E-state index in [2.05, 4.69) is 48.5 Å². The number of phosphoric ester groups is 2. The minimum atomic E-state index is -4.97. The van der Waals surface area contributed by atoms with Gasteiger partial charge in [-0.2, -0.15) is 0 Å². The number of unbranched alkanes of at least 4 members (excludes halogenated alkanes) is 49. The van der Waals surface area contributed by atoms with Crippen LogP contribution in [0.4, 0.5) is 0 Å². The molecule has 0 amide bonds. The number of hydrogen-bond acceptors (Lipinski definition) is 15. The number of esters is 4. The van der Waals surface area contributed by atoms with Crippen LogP contribution in [-0.4, -0.2) is 96.7 Å². The highest BCUT2D eigenvalue weighted by atomic mass is 31.2. The number of ether oxygens (including phenoxy) is 4. The number of phosphoric acid groups is 2. The quantitative estimate of drug-likeness (QED) is 0.0222. The fraction of sp³-hybridized carbons (Fsp3) is 0.953. The van der Waals surface area contributed by atoms with E-state index in [4.69, 9.17) is 37.0 Å². The zero-order valence-electron chi connectivity index (χ0n) is 68.5. The van der Waals surface area contributed by atoms with E-state index in [9.17, 15) is 43.2 Å². The van der Waals surface area contributed by atoms with Crippen LogP contribution >= 0.6 is 15.6 Å². The first-order valence-corrected chi connectivity index (χ1v) is 46.9. The van der Waals surface area contributed by atoms with Gasteiger partial charge in [-0.05, 0) is 43.4 Å². The molecule has 0 aromatic rings. The molecule has 0 heterocycles. The van der Waals surface area contributed by atoms with Crippen molar-refractivity contribution in [3.8, 4) is 0 Å². The lowest BCUT2D eigenvalue weighted by molar-refractivity contribution is -0.161. The Kier molecular flexibility index (Phi) is 73.7. The standard InChI is InChI=1S/C85H166O17P2/c1-8-11-12-13-14-15-16-17-18-19-20-21-25-28-31-37-45-52-59-66-82(87)95-72-80(101-84(89)68-61-54-47-38-32-29-26-23-22-24-27-30-35-42-49-56-63-76(4)5)74-99-103(91,92)97-70-79(86)71-98-104(93,94)100-75-81(73-96-83(88)67-60-53-46-41-40-44-51-58-65-78(7)10-3)102-85(90)69-62-55-48-39-34-33-36-43-50-57-64-77(6)9-2/h76-81,86H,8-75H2,1-7H3,(H,91,92)(H,93,94)/t77?,78?,79-,80-,81-/m1/s1. The van der Waals surface area contributed by atoms with Crippen LogP contribution in [0, 0.1) is 17.8 Å². The molecular weight excluding hydrogens is 1350 g/mol. The summed E-state index contributed by atoms with van der Waals surface area (Å²) in [5.41, 5.74) is 0. The van der Waals surface area contributed by atoms with Crippen molar-refractivity contribution in [3.63, 3.8) is 0 Å². The molecule has 7 atom stereocenters. The van der Waals surface area contributed by atoms with Crippen LogP contribution in [0.3, 0.4) is 0 Å². The SMILES string of the molecule is CCCCCCCCCCCCCCCCCCCCCC(=O)OC[C@H](COP(=O)(O)OC[C@@H](O)COP(=O)(O)OC[C@@H](COC(=O)CCCCCCCCCCC(C)CC)OC(=O)CCCCCCCCCCCCC(C)CC)OC(=O)CCCCCCCCCCCCCCCCCCC(C)C. The Balaban J connectivity index is 5.26. The number of aliphatic hydroxyl groups is 1. The molecule has 17 nitrogen and oxygen atoms in total. The van der Waals surface area contributed by atoms with E-state index in [0.29, 0.717) is 25.7 Å². The average Bonchev–Trinajstić information content (AvgIpc) is 0.902. The second kappa shape index (κ2) is 75.1. The lowest BCUT2D eigenvalue weighted by atomic mass is 9.99. The molecule has 0 fully saturated rings. The highest BCUT2D eigenvalue weighted by molar-refractivity contribution is 7.47. The summed E-state index contributed by atoms with van der Waals surface area (Å²) in [5, 5.41) is 10.7. The predicted octanol–water partition coefficient (Wildman–Crippen LogP) is 25.7. The number of hydrogen-bond donors (Lipinski definition) is 3. The van der Waals surface area contributed by atoms with Gasteiger partial charge in [0.05, 0.1) is 26.4 Å². The lowest BCUT2D eigenvalue weighted by Crippen LogP contribution is -2.30. The average molecular weight is 1520 g/mol. The number of aliphatic hydroxyl groups excluding tert-OH is 1. The van der Waals surface area contributed by atoms with Crippen LogP contribution in [0.1, 0.15) is 447 Å². The normalized spacial score (nSPS) is 14.4. The summed E-state index contributed by atoms with van der Waals surface area (Å²) < 4.78 is 68.9. The fourth-order valence-electron chi connectivity index (χ4n) is 13.1. The van der Waals surface area contributed by atoms with Gasteiger partial charge < -0.3 is 33.8 Å². The number of carbonyl (C=O) groups is 4. The molecule has 0 aliphatic rings. The largest absolute Gasteiger partial charge is 0.472 e. The van der Waals surface area contributed by atoms with Gasteiger partial charge in [-0.1, -0.05) is 395 Å². The van der Waals surface area contributed by atoms with Crippen molar-refractivity contribution in [2.75, 3.05) is 39.6 Å². The van der Waals surface area contributed by atoms with Gasteiger partial charge in [-0.3, -0.25) is 37.3 Å². The van der Waals surface area contributed by atoms with Gasteiger partial charge in [0.25, 0.3) is 0 Å². The van der Waals surface area contributed by atoms with Crippen molar-refractivity contribution in [1.29, 1.82) is 0 Å². The molecule has 0 bridgehead atoms. The van der Waals surface area contributed by atoms with E-state index < -0.39 is 97.5 Å². The maximum Gasteiger partial charge on any atom is 0.472 e. The minimum absolute atomic E-state index is 0.106. The summed E-state index contributed by atoms with van der Waals surface area (Å²) in [5.74, 6) is 0.283. The molecule has 4 unspecified atom stereocenters. The third-order valence-electron chi connectivity index (χ3n) is 20.6. The molecule has 0 saturated carbocycles. The number of rotatable bonds is 83. The third-order valence-corrected chi connectivity index (χ3v) is 22.5. The first kappa shape index (κ1) is 102. The summed E-state index contributed by atoms with van der Waals surface area (Å²) in [7, 11) is -9.93. The Morgan fingerprint density at radius 1 is 0.279 bits per heavy atom. The highest BCUT2D eigenvalue weighted by Gasteiger charge is 2.30. The van der Waals surface area contributed by atoms with Crippen molar-refractivity contribution < 1.29 is 80.2 Å². The zero-order valence-corrected chi connectivity index (χ0v) is 70.3. The van der Waals surface area contributed by atoms with Crippen molar-refractivity contribution in [2.24, 2.45) is 17.8 Å². The predicted molar refractivity (Wildman–Crippen MR) is 428 cm³/mol. The van der Waals surface area contributed by atoms with Crippen LogP contribution in [-0.2, 0) is 65.4 Å². The molecule has 618 valence electrons. The topological polar surface area (TPSA) is 237 Å². The molecule has 0 aliphatic heterocycles. The Labute approximate surface area is 638 Å². The highest BCUT2D eigenvalue weighted by Crippen LogP contribution is 2.45. The van der Waals surface area contributed by atoms with Crippen LogP contribution in [0.2, 0.25) is 0 Å². The van der Waals surface area contributed by atoms with E-state index in [1.165, 1.54) is 257 Å². The molecule has 0 rings (SSSR count). The first-order chi connectivity index (χ1) is 50.3. The summed E-state index contributed by atoms with van der Waals surface area (Å²) in [6, 6.07) is 0. The van der Waals surface area contributed by atoms with Gasteiger partial charge in [0.1, 0.15) is 19.3 Å². The lowest BCUT2D eigenvalue weighted by Gasteiger charge is -2.21. The Morgan fingerprint density at radius 2 is 0.490 bits per heavy atom. The van der Waals surface area contributed by atoms with Gasteiger partial charge in [0.15, 0.2) is 12.2 Å². The zero-order chi connectivity index (χ0) is 76.5. The van der Waals surface area contributed by atoms with Crippen molar-refractivity contribution in [2.45, 2.75) is 465 Å². The molecule has 3 N–H and O–H groups in total. The summed E-state index contributed by atoms with van der Waals surface area (Å²) >= 11 is 0. The molecule has 0 radical (unpaired) electrons. The molecule has 19 heteroatoms. The van der Waals surface area contributed by atoms with Gasteiger partial charge >= 0.3 is 39.5 Å². The van der Waals surface area contributed by atoms with Crippen molar-refractivity contribution in [3.05, 3.63) is 0 Å². The molecule has 0 aromatic carbocycles. The smallest absolute Gasteiger partial charge is 0.462 e. The van der Waals surface area contributed by atoms with Crippen LogP contribution < -0.4 is 0 Å². The van der Waals surface area contributed by atoms with Gasteiger partial charge in [0.2, 0.25) is 0 Å². The van der Waals surface area contributed by atoms with Crippen LogP contribution in [0.15, 0.2) is 0 Å². The van der Waals surface area contributed by atoms with E-state index in [-0.39, 0.29) is 25.7 Å². The molecule has 0 aliphatic carbocycles. The maximum absolute atomic E-state index is 13.1.